The molecule has 160 valence electrons. The maximum atomic E-state index is 12.2. The number of pyridine rings is 1. The van der Waals surface area contributed by atoms with E-state index in [4.69, 9.17) is 0 Å². The zero-order valence-corrected chi connectivity index (χ0v) is 16.8. The second kappa shape index (κ2) is 10.8. The molecule has 9 heteroatoms. The van der Waals surface area contributed by atoms with Crippen LogP contribution in [0.2, 0.25) is 0 Å². The number of allylic oxidation sites excluding steroid dienone is 1. The van der Waals surface area contributed by atoms with Gasteiger partial charge in [0.1, 0.15) is 0 Å². The number of anilines is 1. The standard InChI is InChI=1S/C22H23N5O4/c28-19(9-8-17-3-1-2-10-24-17)16-4-6-18(7-5-16)26-22(31)21(30)25-15-20(29)27-13-11-23-12-14-27/h1-10,23H,11-15H2,(H,25,30)(H,26,31). The van der Waals surface area contributed by atoms with Crippen LogP contribution in [-0.4, -0.2) is 66.1 Å². The highest BCUT2D eigenvalue weighted by Gasteiger charge is 2.19. The van der Waals surface area contributed by atoms with Crippen molar-refractivity contribution in [3.8, 4) is 0 Å². The Morgan fingerprint density at radius 1 is 1.00 bits per heavy atom. The van der Waals surface area contributed by atoms with Crippen LogP contribution in [0.5, 0.6) is 0 Å². The van der Waals surface area contributed by atoms with Gasteiger partial charge in [0.25, 0.3) is 0 Å². The third-order valence-electron chi connectivity index (χ3n) is 4.60. The number of rotatable bonds is 6. The summed E-state index contributed by atoms with van der Waals surface area (Å²) < 4.78 is 0. The third kappa shape index (κ3) is 6.58. The molecule has 0 unspecified atom stereocenters. The Labute approximate surface area is 179 Å². The summed E-state index contributed by atoms with van der Waals surface area (Å²) in [6, 6.07) is 11.5. The Hall–Kier alpha value is -3.85. The third-order valence-corrected chi connectivity index (χ3v) is 4.60. The Bertz CT molecular complexity index is 967. The lowest BCUT2D eigenvalue weighted by atomic mass is 10.1. The van der Waals surface area contributed by atoms with Gasteiger partial charge in [-0.3, -0.25) is 24.2 Å². The van der Waals surface area contributed by atoms with Crippen molar-refractivity contribution in [3.63, 3.8) is 0 Å². The van der Waals surface area contributed by atoms with E-state index < -0.39 is 11.8 Å². The summed E-state index contributed by atoms with van der Waals surface area (Å²) in [4.78, 5) is 54.0. The van der Waals surface area contributed by atoms with Crippen molar-refractivity contribution in [2.45, 2.75) is 0 Å². The summed E-state index contributed by atoms with van der Waals surface area (Å²) >= 11 is 0. The molecule has 0 radical (unpaired) electrons. The van der Waals surface area contributed by atoms with Gasteiger partial charge in [-0.25, -0.2) is 0 Å². The zero-order valence-electron chi connectivity index (χ0n) is 16.8. The zero-order chi connectivity index (χ0) is 22.1. The quantitative estimate of drug-likeness (QED) is 0.354. The molecule has 1 aliphatic rings. The minimum absolute atomic E-state index is 0.215. The Kier molecular flexibility index (Phi) is 7.61. The van der Waals surface area contributed by atoms with Gasteiger partial charge in [0, 0.05) is 43.6 Å². The molecular weight excluding hydrogens is 398 g/mol. The number of nitrogens with zero attached hydrogens (tertiary/aromatic N) is 2. The highest BCUT2D eigenvalue weighted by atomic mass is 16.2. The number of carbonyl (C=O) groups excluding carboxylic acids is 4. The van der Waals surface area contributed by atoms with E-state index in [1.807, 2.05) is 6.07 Å². The Balaban J connectivity index is 1.47. The topological polar surface area (TPSA) is 121 Å². The van der Waals surface area contributed by atoms with E-state index in [1.165, 1.54) is 18.2 Å². The fourth-order valence-electron chi connectivity index (χ4n) is 2.90. The average molecular weight is 421 g/mol. The molecule has 3 rings (SSSR count). The average Bonchev–Trinajstić information content (AvgIpc) is 2.82. The summed E-state index contributed by atoms with van der Waals surface area (Å²) in [5.74, 6) is -2.24. The molecule has 3 N–H and O–H groups in total. The summed E-state index contributed by atoms with van der Waals surface area (Å²) in [6.07, 6.45) is 4.67. The largest absolute Gasteiger partial charge is 0.339 e. The van der Waals surface area contributed by atoms with Gasteiger partial charge >= 0.3 is 11.8 Å². The van der Waals surface area contributed by atoms with E-state index in [1.54, 1.807) is 41.4 Å². The van der Waals surface area contributed by atoms with Crippen LogP contribution in [0.3, 0.4) is 0 Å². The number of amides is 3. The Morgan fingerprint density at radius 2 is 1.74 bits per heavy atom. The molecule has 9 nitrogen and oxygen atoms in total. The highest BCUT2D eigenvalue weighted by molar-refractivity contribution is 6.39. The number of benzene rings is 1. The van der Waals surface area contributed by atoms with E-state index in [2.05, 4.69) is 20.9 Å². The van der Waals surface area contributed by atoms with Gasteiger partial charge in [0.2, 0.25) is 5.91 Å². The van der Waals surface area contributed by atoms with Gasteiger partial charge in [0.05, 0.1) is 12.2 Å². The first-order valence-electron chi connectivity index (χ1n) is 9.84. The summed E-state index contributed by atoms with van der Waals surface area (Å²) in [7, 11) is 0. The first kappa shape index (κ1) is 21.8. The van der Waals surface area contributed by atoms with Crippen LogP contribution in [-0.2, 0) is 14.4 Å². The number of ketones is 1. The molecule has 1 aliphatic heterocycles. The van der Waals surface area contributed by atoms with Gasteiger partial charge < -0.3 is 20.9 Å². The van der Waals surface area contributed by atoms with Crippen LogP contribution >= 0.6 is 0 Å². The molecule has 1 fully saturated rings. The maximum Gasteiger partial charge on any atom is 0.313 e. The fraction of sp³-hybridized carbons (Fsp3) is 0.227. The van der Waals surface area contributed by atoms with Gasteiger partial charge in [-0.2, -0.15) is 0 Å². The number of hydrogen-bond acceptors (Lipinski definition) is 6. The van der Waals surface area contributed by atoms with Crippen LogP contribution in [0.1, 0.15) is 16.1 Å². The molecular formula is C22H23N5O4. The van der Waals surface area contributed by atoms with Crippen molar-refractivity contribution in [1.29, 1.82) is 0 Å². The van der Waals surface area contributed by atoms with Crippen LogP contribution in [0.25, 0.3) is 6.08 Å². The first-order chi connectivity index (χ1) is 15.0. The number of carbonyl (C=O) groups is 4. The van der Waals surface area contributed by atoms with Crippen molar-refractivity contribution in [3.05, 3.63) is 66.0 Å². The molecule has 0 bridgehead atoms. The van der Waals surface area contributed by atoms with Crippen LogP contribution < -0.4 is 16.0 Å². The minimum Gasteiger partial charge on any atom is -0.339 e. The summed E-state index contributed by atoms with van der Waals surface area (Å²) in [5, 5.41) is 7.91. The monoisotopic (exact) mass is 421 g/mol. The molecule has 0 aliphatic carbocycles. The lowest BCUT2D eigenvalue weighted by Crippen LogP contribution is -2.50. The van der Waals surface area contributed by atoms with Gasteiger partial charge in [-0.1, -0.05) is 6.07 Å². The van der Waals surface area contributed by atoms with Gasteiger partial charge in [-0.15, -0.1) is 0 Å². The molecule has 1 aromatic carbocycles. The number of nitrogens with one attached hydrogen (secondary N) is 3. The lowest BCUT2D eigenvalue weighted by molar-refractivity contribution is -0.138. The fourth-order valence-corrected chi connectivity index (χ4v) is 2.90. The van der Waals surface area contributed by atoms with Crippen LogP contribution in [0, 0.1) is 0 Å². The van der Waals surface area contributed by atoms with E-state index in [-0.39, 0.29) is 18.2 Å². The molecule has 0 spiro atoms. The first-order valence-corrected chi connectivity index (χ1v) is 9.84. The molecule has 2 aromatic rings. The number of aromatic nitrogens is 1. The van der Waals surface area contributed by atoms with Crippen molar-refractivity contribution in [2.24, 2.45) is 0 Å². The molecule has 2 heterocycles. The van der Waals surface area contributed by atoms with E-state index in [9.17, 15) is 19.2 Å². The summed E-state index contributed by atoms with van der Waals surface area (Å²) in [6.45, 7) is 2.32. The van der Waals surface area contributed by atoms with Crippen LogP contribution in [0.4, 0.5) is 5.69 Å². The van der Waals surface area contributed by atoms with Gasteiger partial charge in [-0.05, 0) is 48.6 Å². The minimum atomic E-state index is -0.901. The molecule has 0 saturated carbocycles. The predicted octanol–water partition coefficient (Wildman–Crippen LogP) is 0.464. The van der Waals surface area contributed by atoms with Crippen molar-refractivity contribution in [1.82, 2.24) is 20.5 Å². The highest BCUT2D eigenvalue weighted by Crippen LogP contribution is 2.11. The van der Waals surface area contributed by atoms with Crippen LogP contribution in [0.15, 0.2) is 54.7 Å². The van der Waals surface area contributed by atoms with Crippen molar-refractivity contribution in [2.75, 3.05) is 38.0 Å². The number of piperazine rings is 1. The summed E-state index contributed by atoms with van der Waals surface area (Å²) in [5.41, 5.74) is 1.45. The number of hydrogen-bond donors (Lipinski definition) is 3. The van der Waals surface area contributed by atoms with E-state index in [0.717, 1.165) is 0 Å². The Morgan fingerprint density at radius 3 is 2.42 bits per heavy atom. The molecule has 3 amide bonds. The van der Waals surface area contributed by atoms with E-state index >= 15 is 0 Å². The second-order valence-corrected chi connectivity index (χ2v) is 6.80. The maximum absolute atomic E-state index is 12.2. The second-order valence-electron chi connectivity index (χ2n) is 6.80. The predicted molar refractivity (Wildman–Crippen MR) is 115 cm³/mol. The van der Waals surface area contributed by atoms with E-state index in [0.29, 0.717) is 43.1 Å². The molecule has 31 heavy (non-hydrogen) atoms. The molecule has 1 saturated heterocycles. The van der Waals surface area contributed by atoms with Crippen molar-refractivity contribution >= 4 is 35.3 Å². The lowest BCUT2D eigenvalue weighted by Gasteiger charge is -2.27. The smallest absolute Gasteiger partial charge is 0.313 e. The molecule has 1 aromatic heterocycles. The normalized spacial score (nSPS) is 13.6. The van der Waals surface area contributed by atoms with Gasteiger partial charge in [0.15, 0.2) is 5.78 Å². The van der Waals surface area contributed by atoms with Crippen molar-refractivity contribution < 1.29 is 19.2 Å². The molecule has 0 atom stereocenters. The SMILES string of the molecule is O=C(NCC(=O)N1CCNCC1)C(=O)Nc1ccc(C(=O)C=Cc2ccccn2)cc1.